The van der Waals surface area contributed by atoms with E-state index in [9.17, 15) is 0 Å². The maximum absolute atomic E-state index is 5.35. The van der Waals surface area contributed by atoms with Gasteiger partial charge in [0.2, 0.25) is 0 Å². The van der Waals surface area contributed by atoms with E-state index in [1.165, 1.54) is 11.1 Å². The second kappa shape index (κ2) is 3.39. The third kappa shape index (κ3) is 2.24. The van der Waals surface area contributed by atoms with E-state index < -0.39 is 0 Å². The average molecular weight is 150 g/mol. The molecule has 0 unspecified atom stereocenters. The maximum atomic E-state index is 5.35. The molecule has 0 aliphatic heterocycles. The van der Waals surface area contributed by atoms with Gasteiger partial charge in [-0.25, -0.2) is 0 Å². The van der Waals surface area contributed by atoms with Crippen molar-refractivity contribution in [3.8, 4) is 0 Å². The van der Waals surface area contributed by atoms with Crippen LogP contribution in [-0.2, 0) is 0 Å². The number of nitrogens with two attached hydrogens (primary N) is 1. The lowest BCUT2D eigenvalue weighted by atomic mass is 10.1. The lowest BCUT2D eigenvalue weighted by Crippen LogP contribution is -2.10. The highest BCUT2D eigenvalue weighted by Crippen LogP contribution is 2.12. The molecule has 0 aliphatic carbocycles. The molecule has 0 bridgehead atoms. The van der Waals surface area contributed by atoms with Crippen molar-refractivity contribution in [2.45, 2.75) is 13.8 Å². The molecule has 2 nitrogen and oxygen atoms in total. The fourth-order valence-electron chi connectivity index (χ4n) is 1.19. The molecular formula is C9H14N2. The Hall–Kier alpha value is -1.02. The van der Waals surface area contributed by atoms with E-state index in [-0.39, 0.29) is 0 Å². The molecule has 0 saturated carbocycles. The standard InChI is InChI=1S/C9H14N2/c1-7-3-8(2)5-9(4-7)11-6-10/h3-5,11H,6,10H2,1-2H3. The van der Waals surface area contributed by atoms with Gasteiger partial charge in [0.15, 0.2) is 0 Å². The predicted molar refractivity (Wildman–Crippen MR) is 48.6 cm³/mol. The van der Waals surface area contributed by atoms with Crippen molar-refractivity contribution in [3.05, 3.63) is 29.3 Å². The van der Waals surface area contributed by atoms with Crippen molar-refractivity contribution in [1.29, 1.82) is 0 Å². The first-order valence-electron chi connectivity index (χ1n) is 3.74. The van der Waals surface area contributed by atoms with E-state index in [0.717, 1.165) is 5.69 Å². The van der Waals surface area contributed by atoms with Crippen LogP contribution in [0.15, 0.2) is 18.2 Å². The van der Waals surface area contributed by atoms with Crippen LogP contribution in [0.4, 0.5) is 5.69 Å². The summed E-state index contributed by atoms with van der Waals surface area (Å²) >= 11 is 0. The summed E-state index contributed by atoms with van der Waals surface area (Å²) in [7, 11) is 0. The molecule has 1 rings (SSSR count). The highest BCUT2D eigenvalue weighted by molar-refractivity contribution is 5.48. The first-order chi connectivity index (χ1) is 5.22. The molecule has 0 fully saturated rings. The van der Waals surface area contributed by atoms with Crippen molar-refractivity contribution in [2.24, 2.45) is 5.73 Å². The number of aryl methyl sites for hydroxylation is 2. The molecule has 2 heteroatoms. The Morgan fingerprint density at radius 3 is 2.18 bits per heavy atom. The number of hydrogen-bond donors (Lipinski definition) is 2. The van der Waals surface area contributed by atoms with Gasteiger partial charge in [0, 0.05) is 5.69 Å². The molecule has 0 heterocycles. The number of hydrogen-bond acceptors (Lipinski definition) is 2. The second-order valence-corrected chi connectivity index (χ2v) is 2.76. The molecule has 0 saturated heterocycles. The summed E-state index contributed by atoms with van der Waals surface area (Å²) in [5.74, 6) is 0. The molecule has 1 aromatic rings. The summed E-state index contributed by atoms with van der Waals surface area (Å²) in [6.45, 7) is 4.65. The maximum Gasteiger partial charge on any atom is 0.0628 e. The molecule has 0 aliphatic rings. The smallest absolute Gasteiger partial charge is 0.0628 e. The molecule has 60 valence electrons. The van der Waals surface area contributed by atoms with Crippen molar-refractivity contribution in [2.75, 3.05) is 12.0 Å². The summed E-state index contributed by atoms with van der Waals surface area (Å²) in [5, 5.41) is 3.07. The summed E-state index contributed by atoms with van der Waals surface area (Å²) in [6, 6.07) is 6.31. The quantitative estimate of drug-likeness (QED) is 0.629. The highest BCUT2D eigenvalue weighted by Gasteiger charge is 1.92. The summed E-state index contributed by atoms with van der Waals surface area (Å²) in [4.78, 5) is 0. The summed E-state index contributed by atoms with van der Waals surface area (Å²) in [6.07, 6.45) is 0. The zero-order valence-corrected chi connectivity index (χ0v) is 7.02. The molecule has 0 aromatic heterocycles. The SMILES string of the molecule is Cc1cc(C)cc(NCN)c1. The van der Waals surface area contributed by atoms with Gasteiger partial charge in [-0.2, -0.15) is 0 Å². The Morgan fingerprint density at radius 1 is 1.18 bits per heavy atom. The number of rotatable bonds is 2. The van der Waals surface area contributed by atoms with Gasteiger partial charge < -0.3 is 11.1 Å². The largest absolute Gasteiger partial charge is 0.373 e. The number of benzene rings is 1. The lowest BCUT2D eigenvalue weighted by Gasteiger charge is -2.05. The van der Waals surface area contributed by atoms with Gasteiger partial charge in [0.05, 0.1) is 6.67 Å². The van der Waals surface area contributed by atoms with Gasteiger partial charge >= 0.3 is 0 Å². The predicted octanol–water partition coefficient (Wildman–Crippen LogP) is 1.63. The highest BCUT2D eigenvalue weighted by atomic mass is 15.0. The van der Waals surface area contributed by atoms with E-state index >= 15 is 0 Å². The van der Waals surface area contributed by atoms with Crippen molar-refractivity contribution in [1.82, 2.24) is 0 Å². The zero-order valence-electron chi connectivity index (χ0n) is 7.02. The van der Waals surface area contributed by atoms with Crippen LogP contribution < -0.4 is 11.1 Å². The first kappa shape index (κ1) is 8.08. The van der Waals surface area contributed by atoms with Crippen LogP contribution in [0.2, 0.25) is 0 Å². The van der Waals surface area contributed by atoms with Crippen LogP contribution in [0.25, 0.3) is 0 Å². The minimum absolute atomic E-state index is 0.489. The van der Waals surface area contributed by atoms with E-state index in [4.69, 9.17) is 5.73 Å². The molecule has 0 amide bonds. The van der Waals surface area contributed by atoms with Crippen molar-refractivity contribution in [3.63, 3.8) is 0 Å². The van der Waals surface area contributed by atoms with Gasteiger partial charge in [-0.05, 0) is 37.1 Å². The van der Waals surface area contributed by atoms with Gasteiger partial charge in [-0.1, -0.05) is 6.07 Å². The molecule has 3 N–H and O–H groups in total. The van der Waals surface area contributed by atoms with E-state index in [1.54, 1.807) is 0 Å². The fourth-order valence-corrected chi connectivity index (χ4v) is 1.19. The van der Waals surface area contributed by atoms with E-state index in [1.807, 2.05) is 0 Å². The zero-order chi connectivity index (χ0) is 8.27. The van der Waals surface area contributed by atoms with Crippen LogP contribution in [0, 0.1) is 13.8 Å². The minimum atomic E-state index is 0.489. The van der Waals surface area contributed by atoms with Crippen LogP contribution in [-0.4, -0.2) is 6.67 Å². The third-order valence-electron chi connectivity index (χ3n) is 1.53. The van der Waals surface area contributed by atoms with Gasteiger partial charge in [-0.3, -0.25) is 0 Å². The normalized spacial score (nSPS) is 9.73. The van der Waals surface area contributed by atoms with Gasteiger partial charge in [0.1, 0.15) is 0 Å². The second-order valence-electron chi connectivity index (χ2n) is 2.76. The summed E-state index contributed by atoms with van der Waals surface area (Å²) < 4.78 is 0. The van der Waals surface area contributed by atoms with Crippen molar-refractivity contribution < 1.29 is 0 Å². The van der Waals surface area contributed by atoms with Crippen molar-refractivity contribution >= 4 is 5.69 Å². The Labute approximate surface area is 67.4 Å². The third-order valence-corrected chi connectivity index (χ3v) is 1.53. The Bertz CT molecular complexity index is 223. The first-order valence-corrected chi connectivity index (χ1v) is 3.74. The minimum Gasteiger partial charge on any atom is -0.373 e. The van der Waals surface area contributed by atoms with E-state index in [2.05, 4.69) is 37.4 Å². The topological polar surface area (TPSA) is 38.0 Å². The van der Waals surface area contributed by atoms with Crippen LogP contribution >= 0.6 is 0 Å². The van der Waals surface area contributed by atoms with Crippen LogP contribution in [0.1, 0.15) is 11.1 Å². The van der Waals surface area contributed by atoms with Crippen LogP contribution in [0.5, 0.6) is 0 Å². The molecule has 0 spiro atoms. The monoisotopic (exact) mass is 150 g/mol. The van der Waals surface area contributed by atoms with Gasteiger partial charge in [-0.15, -0.1) is 0 Å². The molecule has 11 heavy (non-hydrogen) atoms. The molecule has 0 atom stereocenters. The molecule has 1 aromatic carbocycles. The summed E-state index contributed by atoms with van der Waals surface area (Å²) in [5.41, 5.74) is 8.98. The fraction of sp³-hybridized carbons (Fsp3) is 0.333. The lowest BCUT2D eigenvalue weighted by molar-refractivity contribution is 1.14. The Balaban J connectivity index is 2.89. The molecular weight excluding hydrogens is 136 g/mol. The van der Waals surface area contributed by atoms with E-state index in [0.29, 0.717) is 6.67 Å². The number of anilines is 1. The Morgan fingerprint density at radius 2 is 1.73 bits per heavy atom. The Kier molecular flexibility index (Phi) is 2.49. The van der Waals surface area contributed by atoms with Crippen LogP contribution in [0.3, 0.4) is 0 Å². The number of nitrogens with one attached hydrogen (secondary N) is 1. The average Bonchev–Trinajstić information content (AvgIpc) is 1.85. The van der Waals surface area contributed by atoms with Gasteiger partial charge in [0.25, 0.3) is 0 Å². The molecule has 0 radical (unpaired) electrons.